The van der Waals surface area contributed by atoms with Crippen molar-refractivity contribution in [3.63, 3.8) is 0 Å². The van der Waals surface area contributed by atoms with E-state index in [4.69, 9.17) is 9.63 Å². The van der Waals surface area contributed by atoms with Crippen molar-refractivity contribution in [1.29, 1.82) is 0 Å². The van der Waals surface area contributed by atoms with Gasteiger partial charge in [-0.05, 0) is 61.3 Å². The van der Waals surface area contributed by atoms with Crippen molar-refractivity contribution in [2.45, 2.75) is 69.9 Å². The minimum Gasteiger partial charge on any atom is -0.481 e. The Hall–Kier alpha value is -2.99. The van der Waals surface area contributed by atoms with E-state index in [0.717, 1.165) is 36.1 Å². The summed E-state index contributed by atoms with van der Waals surface area (Å²) in [5, 5.41) is 16.8. The van der Waals surface area contributed by atoms with Crippen LogP contribution in [0.1, 0.15) is 68.4 Å². The lowest BCUT2D eigenvalue weighted by molar-refractivity contribution is -0.141. The Labute approximate surface area is 194 Å². The summed E-state index contributed by atoms with van der Waals surface area (Å²) >= 11 is 0. The Balaban J connectivity index is 1.19. The predicted molar refractivity (Wildman–Crippen MR) is 127 cm³/mol. The summed E-state index contributed by atoms with van der Waals surface area (Å²) in [4.78, 5) is 15.7. The van der Waals surface area contributed by atoms with Crippen LogP contribution in [0, 0.1) is 5.92 Å². The zero-order valence-corrected chi connectivity index (χ0v) is 18.9. The third-order valence-electron chi connectivity index (χ3n) is 7.25. The molecule has 5 rings (SSSR count). The van der Waals surface area contributed by atoms with Gasteiger partial charge in [0.05, 0.1) is 5.92 Å². The van der Waals surface area contributed by atoms with Gasteiger partial charge in [0, 0.05) is 23.7 Å². The van der Waals surface area contributed by atoms with Gasteiger partial charge in [0.2, 0.25) is 5.82 Å². The summed E-state index contributed by atoms with van der Waals surface area (Å²) in [6, 6.07) is 17.0. The van der Waals surface area contributed by atoms with Crippen molar-refractivity contribution in [3.05, 3.63) is 59.7 Å². The van der Waals surface area contributed by atoms with Gasteiger partial charge in [-0.25, -0.2) is 0 Å². The molecule has 2 fully saturated rings. The van der Waals surface area contributed by atoms with Crippen molar-refractivity contribution in [3.8, 4) is 22.8 Å². The van der Waals surface area contributed by atoms with Gasteiger partial charge in [-0.1, -0.05) is 60.8 Å². The van der Waals surface area contributed by atoms with Gasteiger partial charge in [-0.15, -0.1) is 0 Å². The van der Waals surface area contributed by atoms with E-state index in [0.29, 0.717) is 24.1 Å². The standard InChI is InChI=1S/C27H31N3O3/c31-27(32)23-14-15-24(16-23)28-17-18-6-8-21(9-7-18)25-29-26(33-30-25)22-12-10-20(11-13-22)19-4-2-1-3-5-19/h6-13,19,23-24,28H,1-5,14-17H2,(H,31,32)/t23-,24+/m0/s1. The number of hydrogen-bond acceptors (Lipinski definition) is 5. The minimum atomic E-state index is -0.678. The van der Waals surface area contributed by atoms with Crippen LogP contribution in [0.3, 0.4) is 0 Å². The van der Waals surface area contributed by atoms with Crippen LogP contribution in [0.2, 0.25) is 0 Å². The second-order valence-electron chi connectivity index (χ2n) is 9.50. The van der Waals surface area contributed by atoms with Crippen LogP contribution in [0.5, 0.6) is 0 Å². The molecule has 6 heteroatoms. The molecule has 2 aromatic carbocycles. The van der Waals surface area contributed by atoms with Crippen LogP contribution >= 0.6 is 0 Å². The monoisotopic (exact) mass is 445 g/mol. The molecule has 0 spiro atoms. The molecule has 2 atom stereocenters. The number of carbonyl (C=O) groups is 1. The van der Waals surface area contributed by atoms with E-state index < -0.39 is 5.97 Å². The Morgan fingerprint density at radius 2 is 1.67 bits per heavy atom. The van der Waals surface area contributed by atoms with Gasteiger partial charge in [0.25, 0.3) is 5.89 Å². The van der Waals surface area contributed by atoms with Crippen molar-refractivity contribution < 1.29 is 14.4 Å². The summed E-state index contributed by atoms with van der Waals surface area (Å²) in [5.41, 5.74) is 4.43. The van der Waals surface area contributed by atoms with Crippen LogP contribution in [0.4, 0.5) is 0 Å². The molecule has 33 heavy (non-hydrogen) atoms. The lowest BCUT2D eigenvalue weighted by atomic mass is 9.84. The molecule has 2 aliphatic rings. The maximum Gasteiger partial charge on any atom is 0.306 e. The molecule has 0 unspecified atom stereocenters. The van der Waals surface area contributed by atoms with Gasteiger partial charge in [-0.2, -0.15) is 4.98 Å². The van der Waals surface area contributed by atoms with Gasteiger partial charge in [0.1, 0.15) is 0 Å². The van der Waals surface area contributed by atoms with Crippen LogP contribution in [-0.4, -0.2) is 27.3 Å². The first-order valence-electron chi connectivity index (χ1n) is 12.2. The second kappa shape index (κ2) is 9.87. The number of nitrogens with one attached hydrogen (secondary N) is 1. The first-order valence-corrected chi connectivity index (χ1v) is 12.2. The molecule has 172 valence electrons. The zero-order chi connectivity index (χ0) is 22.6. The van der Waals surface area contributed by atoms with Crippen LogP contribution in [-0.2, 0) is 11.3 Å². The zero-order valence-electron chi connectivity index (χ0n) is 18.9. The summed E-state index contributed by atoms with van der Waals surface area (Å²) in [5.74, 6) is 0.927. The summed E-state index contributed by atoms with van der Waals surface area (Å²) < 4.78 is 5.54. The molecule has 2 N–H and O–H groups in total. The number of hydrogen-bond donors (Lipinski definition) is 2. The molecule has 2 aliphatic carbocycles. The highest BCUT2D eigenvalue weighted by atomic mass is 16.5. The summed E-state index contributed by atoms with van der Waals surface area (Å²) in [7, 11) is 0. The van der Waals surface area contributed by atoms with Gasteiger partial charge >= 0.3 is 5.97 Å². The highest BCUT2D eigenvalue weighted by Gasteiger charge is 2.29. The van der Waals surface area contributed by atoms with Crippen molar-refractivity contribution in [1.82, 2.24) is 15.5 Å². The van der Waals surface area contributed by atoms with E-state index in [-0.39, 0.29) is 12.0 Å². The molecule has 0 amide bonds. The van der Waals surface area contributed by atoms with Gasteiger partial charge in [0.15, 0.2) is 0 Å². The Morgan fingerprint density at radius 3 is 2.36 bits per heavy atom. The highest BCUT2D eigenvalue weighted by Crippen LogP contribution is 2.33. The number of nitrogens with zero attached hydrogens (tertiary/aromatic N) is 2. The van der Waals surface area contributed by atoms with Gasteiger partial charge in [-0.3, -0.25) is 4.79 Å². The minimum absolute atomic E-state index is 0.208. The van der Waals surface area contributed by atoms with Crippen LogP contribution < -0.4 is 5.32 Å². The predicted octanol–water partition coefficient (Wildman–Crippen LogP) is 5.79. The van der Waals surface area contributed by atoms with E-state index in [1.807, 2.05) is 12.1 Å². The summed E-state index contributed by atoms with van der Waals surface area (Å²) in [6.45, 7) is 0.724. The third-order valence-corrected chi connectivity index (χ3v) is 7.25. The largest absolute Gasteiger partial charge is 0.481 e. The second-order valence-corrected chi connectivity index (χ2v) is 9.50. The van der Waals surface area contributed by atoms with Crippen molar-refractivity contribution in [2.24, 2.45) is 5.92 Å². The van der Waals surface area contributed by atoms with Crippen molar-refractivity contribution >= 4 is 5.97 Å². The lowest BCUT2D eigenvalue weighted by Crippen LogP contribution is -2.26. The number of aliphatic carboxylic acids is 1. The molecule has 1 heterocycles. The molecule has 0 saturated heterocycles. The fraction of sp³-hybridized carbons (Fsp3) is 0.444. The van der Waals surface area contributed by atoms with Crippen LogP contribution in [0.25, 0.3) is 22.8 Å². The molecule has 3 aromatic rings. The van der Waals surface area contributed by atoms with E-state index in [2.05, 4.69) is 51.9 Å². The average molecular weight is 446 g/mol. The molecule has 0 aliphatic heterocycles. The molecular weight excluding hydrogens is 414 g/mol. The van der Waals surface area contributed by atoms with Gasteiger partial charge < -0.3 is 14.9 Å². The topological polar surface area (TPSA) is 88.2 Å². The number of carboxylic acids is 1. The smallest absolute Gasteiger partial charge is 0.306 e. The number of aromatic nitrogens is 2. The first-order chi connectivity index (χ1) is 16.2. The van der Waals surface area contributed by atoms with E-state index >= 15 is 0 Å². The van der Waals surface area contributed by atoms with E-state index in [1.165, 1.54) is 37.7 Å². The maximum absolute atomic E-state index is 11.1. The molecule has 1 aromatic heterocycles. The van der Waals surface area contributed by atoms with E-state index in [9.17, 15) is 4.79 Å². The number of benzene rings is 2. The third kappa shape index (κ3) is 5.17. The Morgan fingerprint density at radius 1 is 0.939 bits per heavy atom. The summed E-state index contributed by atoms with van der Waals surface area (Å²) in [6.07, 6.45) is 9.00. The highest BCUT2D eigenvalue weighted by molar-refractivity contribution is 5.70. The quantitative estimate of drug-likeness (QED) is 0.478. The number of carboxylic acid groups (broad SMARTS) is 1. The van der Waals surface area contributed by atoms with Crippen molar-refractivity contribution in [2.75, 3.05) is 0 Å². The fourth-order valence-corrected chi connectivity index (χ4v) is 5.22. The fourth-order valence-electron chi connectivity index (χ4n) is 5.22. The molecule has 0 radical (unpaired) electrons. The first kappa shape index (κ1) is 21.8. The Kier molecular flexibility index (Phi) is 6.53. The van der Waals surface area contributed by atoms with Crippen LogP contribution in [0.15, 0.2) is 53.1 Å². The average Bonchev–Trinajstić information content (AvgIpc) is 3.54. The molecule has 6 nitrogen and oxygen atoms in total. The Bertz CT molecular complexity index is 1070. The van der Waals surface area contributed by atoms with E-state index in [1.54, 1.807) is 0 Å². The normalized spacial score (nSPS) is 21.3. The molecule has 2 saturated carbocycles. The SMILES string of the molecule is O=C(O)[C@H]1CC[C@@H](NCc2ccc(-c3noc(-c4ccc(C5CCCCC5)cc4)n3)cc2)C1. The maximum atomic E-state index is 11.1. The molecule has 0 bridgehead atoms. The number of rotatable bonds is 7. The molecular formula is C27H31N3O3. The lowest BCUT2D eigenvalue weighted by Gasteiger charge is -2.21.